The van der Waals surface area contributed by atoms with Crippen molar-refractivity contribution in [2.45, 2.75) is 13.3 Å². The maximum atomic E-state index is 10.6. The van der Waals surface area contributed by atoms with Gasteiger partial charge in [-0.2, -0.15) is 0 Å². The monoisotopic (exact) mass is 199 g/mol. The highest BCUT2D eigenvalue weighted by atomic mass is 32.1. The lowest BCUT2D eigenvalue weighted by Gasteiger charge is -1.93. The Hall–Kier alpha value is -1.43. The van der Waals surface area contributed by atoms with E-state index < -0.39 is 5.91 Å². The van der Waals surface area contributed by atoms with Crippen molar-refractivity contribution >= 4 is 28.3 Å². The molecule has 2 amide bonds. The summed E-state index contributed by atoms with van der Waals surface area (Å²) in [5.41, 5.74) is 5.56. The standard InChI is InChI=1S/C7H9N3O2S/c1-4(11)9-7-10-5(3-13-7)2-6(8)12/h3H,2H2,1H3,(H2,8,12)(H,9,10,11). The van der Waals surface area contributed by atoms with E-state index in [-0.39, 0.29) is 12.3 Å². The highest BCUT2D eigenvalue weighted by Gasteiger charge is 2.05. The summed E-state index contributed by atoms with van der Waals surface area (Å²) in [6.07, 6.45) is 0.107. The van der Waals surface area contributed by atoms with Gasteiger partial charge in [-0.3, -0.25) is 9.59 Å². The Morgan fingerprint density at radius 1 is 1.69 bits per heavy atom. The highest BCUT2D eigenvalue weighted by molar-refractivity contribution is 7.13. The van der Waals surface area contributed by atoms with Crippen molar-refractivity contribution in [1.82, 2.24) is 4.98 Å². The number of rotatable bonds is 3. The van der Waals surface area contributed by atoms with Crippen molar-refractivity contribution in [2.75, 3.05) is 5.32 Å². The number of nitrogens with two attached hydrogens (primary N) is 1. The summed E-state index contributed by atoms with van der Waals surface area (Å²) in [5.74, 6) is -0.611. The number of nitrogens with one attached hydrogen (secondary N) is 1. The van der Waals surface area contributed by atoms with Crippen molar-refractivity contribution in [3.05, 3.63) is 11.1 Å². The number of primary amides is 1. The van der Waals surface area contributed by atoms with Crippen LogP contribution >= 0.6 is 11.3 Å². The Morgan fingerprint density at radius 3 is 2.92 bits per heavy atom. The minimum Gasteiger partial charge on any atom is -0.369 e. The minimum atomic E-state index is -0.431. The van der Waals surface area contributed by atoms with Crippen LogP contribution in [0.25, 0.3) is 0 Å². The molecule has 0 saturated heterocycles. The topological polar surface area (TPSA) is 85.1 Å². The summed E-state index contributed by atoms with van der Waals surface area (Å²) in [7, 11) is 0. The van der Waals surface area contributed by atoms with Gasteiger partial charge in [-0.15, -0.1) is 11.3 Å². The van der Waals surface area contributed by atoms with Crippen LogP contribution in [-0.4, -0.2) is 16.8 Å². The Kier molecular flexibility index (Phi) is 2.97. The summed E-state index contributed by atoms with van der Waals surface area (Å²) >= 11 is 1.27. The highest BCUT2D eigenvalue weighted by Crippen LogP contribution is 2.15. The number of aromatic nitrogens is 1. The third kappa shape index (κ3) is 3.20. The van der Waals surface area contributed by atoms with Gasteiger partial charge in [0, 0.05) is 12.3 Å². The zero-order chi connectivity index (χ0) is 9.84. The first-order valence-corrected chi connectivity index (χ1v) is 4.46. The van der Waals surface area contributed by atoms with Crippen molar-refractivity contribution < 1.29 is 9.59 Å². The SMILES string of the molecule is CC(=O)Nc1nc(CC(N)=O)cs1. The molecule has 0 radical (unpaired) electrons. The van der Waals surface area contributed by atoms with Crippen molar-refractivity contribution in [2.24, 2.45) is 5.73 Å². The molecular weight excluding hydrogens is 190 g/mol. The molecule has 0 aromatic carbocycles. The molecule has 0 aliphatic rings. The number of anilines is 1. The van der Waals surface area contributed by atoms with E-state index in [9.17, 15) is 9.59 Å². The lowest BCUT2D eigenvalue weighted by atomic mass is 10.3. The fourth-order valence-corrected chi connectivity index (χ4v) is 1.53. The zero-order valence-electron chi connectivity index (χ0n) is 7.03. The molecule has 0 aliphatic carbocycles. The summed E-state index contributed by atoms with van der Waals surface area (Å²) in [4.78, 5) is 25.1. The second-order valence-electron chi connectivity index (χ2n) is 2.47. The molecule has 3 N–H and O–H groups in total. The summed E-state index contributed by atoms with van der Waals surface area (Å²) in [6, 6.07) is 0. The van der Waals surface area contributed by atoms with Gasteiger partial charge in [0.15, 0.2) is 5.13 Å². The molecule has 1 rings (SSSR count). The first-order chi connectivity index (χ1) is 6.08. The van der Waals surface area contributed by atoms with Crippen LogP contribution in [0.15, 0.2) is 5.38 Å². The Bertz CT molecular complexity index is 304. The number of nitrogens with zero attached hydrogens (tertiary/aromatic N) is 1. The molecule has 5 nitrogen and oxygen atoms in total. The molecule has 0 bridgehead atoms. The van der Waals surface area contributed by atoms with Gasteiger partial charge in [0.05, 0.1) is 12.1 Å². The molecule has 0 saturated carbocycles. The molecule has 0 unspecified atom stereocenters. The summed E-state index contributed by atoms with van der Waals surface area (Å²) < 4.78 is 0. The lowest BCUT2D eigenvalue weighted by molar-refractivity contribution is -0.117. The van der Waals surface area contributed by atoms with Crippen molar-refractivity contribution in [3.63, 3.8) is 0 Å². The van der Waals surface area contributed by atoms with Gasteiger partial charge in [0.2, 0.25) is 11.8 Å². The van der Waals surface area contributed by atoms with Gasteiger partial charge in [-0.1, -0.05) is 0 Å². The molecule has 0 atom stereocenters. The Balaban J connectivity index is 2.63. The molecule has 6 heteroatoms. The van der Waals surface area contributed by atoms with E-state index >= 15 is 0 Å². The molecule has 1 heterocycles. The second-order valence-corrected chi connectivity index (χ2v) is 3.33. The van der Waals surface area contributed by atoms with E-state index in [1.165, 1.54) is 18.3 Å². The summed E-state index contributed by atoms with van der Waals surface area (Å²) in [5, 5.41) is 4.69. The largest absolute Gasteiger partial charge is 0.369 e. The molecule has 0 spiro atoms. The number of amides is 2. The van der Waals surface area contributed by atoms with Crippen LogP contribution in [0.3, 0.4) is 0 Å². The van der Waals surface area contributed by atoms with Gasteiger partial charge < -0.3 is 11.1 Å². The van der Waals surface area contributed by atoms with E-state index in [1.54, 1.807) is 5.38 Å². The molecular formula is C7H9N3O2S. The average Bonchev–Trinajstić information content (AvgIpc) is 2.33. The van der Waals surface area contributed by atoms with Crippen LogP contribution in [0.1, 0.15) is 12.6 Å². The minimum absolute atomic E-state index is 0.107. The van der Waals surface area contributed by atoms with Gasteiger partial charge in [-0.05, 0) is 0 Å². The van der Waals surface area contributed by atoms with Crippen LogP contribution in [-0.2, 0) is 16.0 Å². The molecule has 70 valence electrons. The number of carbonyl (C=O) groups excluding carboxylic acids is 2. The van der Waals surface area contributed by atoms with E-state index in [1.807, 2.05) is 0 Å². The van der Waals surface area contributed by atoms with E-state index in [0.29, 0.717) is 10.8 Å². The molecule has 0 fully saturated rings. The van der Waals surface area contributed by atoms with Crippen molar-refractivity contribution in [1.29, 1.82) is 0 Å². The van der Waals surface area contributed by atoms with E-state index in [4.69, 9.17) is 5.73 Å². The van der Waals surface area contributed by atoms with Crippen LogP contribution in [0, 0.1) is 0 Å². The smallest absolute Gasteiger partial charge is 0.223 e. The van der Waals surface area contributed by atoms with Crippen LogP contribution in [0.4, 0.5) is 5.13 Å². The molecule has 1 aromatic rings. The predicted octanol–water partition coefficient (Wildman–Crippen LogP) is 0.129. The predicted molar refractivity (Wildman–Crippen MR) is 49.3 cm³/mol. The third-order valence-electron chi connectivity index (χ3n) is 1.19. The lowest BCUT2D eigenvalue weighted by Crippen LogP contribution is -2.14. The number of carbonyl (C=O) groups is 2. The molecule has 0 aliphatic heterocycles. The number of hydrogen-bond acceptors (Lipinski definition) is 4. The number of thiazole rings is 1. The first-order valence-electron chi connectivity index (χ1n) is 3.58. The maximum absolute atomic E-state index is 10.6. The quantitative estimate of drug-likeness (QED) is 0.725. The average molecular weight is 199 g/mol. The maximum Gasteiger partial charge on any atom is 0.223 e. The van der Waals surface area contributed by atoms with E-state index in [0.717, 1.165) is 0 Å². The first kappa shape index (κ1) is 9.66. The molecule has 13 heavy (non-hydrogen) atoms. The fourth-order valence-electron chi connectivity index (χ4n) is 0.775. The number of hydrogen-bond donors (Lipinski definition) is 2. The Labute approximate surface area is 79.0 Å². The normalized spacial score (nSPS) is 9.62. The van der Waals surface area contributed by atoms with Crippen LogP contribution in [0.5, 0.6) is 0 Å². The Morgan fingerprint density at radius 2 is 2.38 bits per heavy atom. The van der Waals surface area contributed by atoms with E-state index in [2.05, 4.69) is 10.3 Å². The van der Waals surface area contributed by atoms with Gasteiger partial charge in [0.1, 0.15) is 0 Å². The molecule has 1 aromatic heterocycles. The van der Waals surface area contributed by atoms with Gasteiger partial charge in [0.25, 0.3) is 0 Å². The summed E-state index contributed by atoms with van der Waals surface area (Å²) in [6.45, 7) is 1.40. The van der Waals surface area contributed by atoms with Crippen LogP contribution in [0.2, 0.25) is 0 Å². The van der Waals surface area contributed by atoms with Gasteiger partial charge in [-0.25, -0.2) is 4.98 Å². The van der Waals surface area contributed by atoms with Crippen molar-refractivity contribution in [3.8, 4) is 0 Å². The zero-order valence-corrected chi connectivity index (χ0v) is 7.85. The van der Waals surface area contributed by atoms with Crippen LogP contribution < -0.4 is 11.1 Å². The fraction of sp³-hybridized carbons (Fsp3) is 0.286. The van der Waals surface area contributed by atoms with Gasteiger partial charge >= 0.3 is 0 Å². The second kappa shape index (κ2) is 3.99. The third-order valence-corrected chi connectivity index (χ3v) is 2.00.